The van der Waals surface area contributed by atoms with Crippen LogP contribution in [-0.4, -0.2) is 45.2 Å². The van der Waals surface area contributed by atoms with E-state index >= 15 is 0 Å². The molecule has 2 fully saturated rings. The Balaban J connectivity index is 2.34. The fraction of sp³-hybridized carbons (Fsp3) is 0.667. The maximum Gasteiger partial charge on any atom is 0.328 e. The fourth-order valence-corrected chi connectivity index (χ4v) is 3.52. The van der Waals surface area contributed by atoms with Crippen LogP contribution in [0.3, 0.4) is 0 Å². The first-order chi connectivity index (χ1) is 9.12. The molecule has 1 saturated heterocycles. The average molecular weight is 282 g/mol. The minimum absolute atomic E-state index is 0.366. The Hall–Kier alpha value is -1.17. The van der Waals surface area contributed by atoms with Gasteiger partial charge in [-0.3, -0.25) is 0 Å². The second kappa shape index (κ2) is 4.69. The Bertz CT molecular complexity index is 461. The quantitative estimate of drug-likeness (QED) is 0.536. The number of hydrogen-bond donors (Lipinski definition) is 3. The highest BCUT2D eigenvalue weighted by molar-refractivity contribution is 5.81. The Kier molecular flexibility index (Phi) is 3.57. The first-order valence-electron chi connectivity index (χ1n) is 6.77. The fourth-order valence-electron chi connectivity index (χ4n) is 3.52. The van der Waals surface area contributed by atoms with Gasteiger partial charge in [-0.2, -0.15) is 0 Å². The van der Waals surface area contributed by atoms with E-state index in [9.17, 15) is 15.0 Å². The number of carboxylic acid groups (broad SMARTS) is 1. The number of aliphatic hydroxyl groups is 2. The zero-order valence-corrected chi connectivity index (χ0v) is 12.1. The average Bonchev–Trinajstić information content (AvgIpc) is 2.43. The topological polar surface area (TPSA) is 87.0 Å². The molecule has 2 bridgehead atoms. The Morgan fingerprint density at radius 2 is 2.00 bits per heavy atom. The molecule has 1 heterocycles. The number of rotatable bonds is 3. The van der Waals surface area contributed by atoms with Crippen LogP contribution in [0.15, 0.2) is 23.8 Å². The van der Waals surface area contributed by atoms with Gasteiger partial charge in [0, 0.05) is 17.9 Å². The van der Waals surface area contributed by atoms with Gasteiger partial charge in [0.05, 0.1) is 12.7 Å². The van der Waals surface area contributed by atoms with E-state index in [1.807, 2.05) is 6.92 Å². The number of carbonyl (C=O) groups is 1. The molecule has 1 saturated carbocycles. The van der Waals surface area contributed by atoms with E-state index in [2.05, 4.69) is 0 Å². The van der Waals surface area contributed by atoms with Gasteiger partial charge in [0.15, 0.2) is 0 Å². The van der Waals surface area contributed by atoms with Crippen LogP contribution < -0.4 is 0 Å². The van der Waals surface area contributed by atoms with Crippen molar-refractivity contribution in [1.29, 1.82) is 0 Å². The molecule has 0 aromatic carbocycles. The number of ether oxygens (including phenoxy) is 1. The van der Waals surface area contributed by atoms with Crippen molar-refractivity contribution < 1.29 is 24.9 Å². The Labute approximate surface area is 118 Å². The molecule has 0 radical (unpaired) electrons. The summed E-state index contributed by atoms with van der Waals surface area (Å²) in [7, 11) is 0. The van der Waals surface area contributed by atoms with E-state index in [1.165, 1.54) is 0 Å². The lowest BCUT2D eigenvalue weighted by Gasteiger charge is -2.49. The van der Waals surface area contributed by atoms with Gasteiger partial charge < -0.3 is 20.1 Å². The largest absolute Gasteiger partial charge is 0.478 e. The van der Waals surface area contributed by atoms with Gasteiger partial charge in [0.2, 0.25) is 0 Å². The van der Waals surface area contributed by atoms with Crippen LogP contribution in [-0.2, 0) is 9.53 Å². The monoisotopic (exact) mass is 282 g/mol. The molecule has 4 atom stereocenters. The molecule has 1 unspecified atom stereocenters. The molecule has 2 aliphatic rings. The SMILES string of the molecule is CC(=C/C(=O)O)/C=C/[C@]1(O)[C@@]2(C)CO[C@]1(C)CC(O)C2. The molecule has 0 aromatic heterocycles. The van der Waals surface area contributed by atoms with E-state index in [4.69, 9.17) is 9.84 Å². The zero-order chi connectivity index (χ0) is 15.2. The molecule has 5 heteroatoms. The lowest BCUT2D eigenvalue weighted by Crippen LogP contribution is -2.60. The summed E-state index contributed by atoms with van der Waals surface area (Å²) in [5.41, 5.74) is -2.09. The molecular weight excluding hydrogens is 260 g/mol. The molecule has 0 spiro atoms. The lowest BCUT2D eigenvalue weighted by molar-refractivity contribution is -0.150. The van der Waals surface area contributed by atoms with Crippen LogP contribution >= 0.6 is 0 Å². The smallest absolute Gasteiger partial charge is 0.328 e. The van der Waals surface area contributed by atoms with E-state index in [0.717, 1.165) is 6.08 Å². The van der Waals surface area contributed by atoms with Crippen molar-refractivity contribution in [2.24, 2.45) is 5.41 Å². The van der Waals surface area contributed by atoms with Gasteiger partial charge in [-0.05, 0) is 31.9 Å². The van der Waals surface area contributed by atoms with E-state index in [0.29, 0.717) is 25.0 Å². The minimum atomic E-state index is -1.22. The number of fused-ring (bicyclic) bond motifs is 2. The van der Waals surface area contributed by atoms with Crippen molar-refractivity contribution in [1.82, 2.24) is 0 Å². The first kappa shape index (κ1) is 15.2. The summed E-state index contributed by atoms with van der Waals surface area (Å²) in [5.74, 6) is -1.02. The van der Waals surface area contributed by atoms with E-state index < -0.39 is 28.7 Å². The van der Waals surface area contributed by atoms with Crippen molar-refractivity contribution in [3.8, 4) is 0 Å². The lowest BCUT2D eigenvalue weighted by atomic mass is 9.59. The third-order valence-corrected chi connectivity index (χ3v) is 4.69. The van der Waals surface area contributed by atoms with Crippen LogP contribution in [0.25, 0.3) is 0 Å². The van der Waals surface area contributed by atoms with Gasteiger partial charge in [-0.1, -0.05) is 13.0 Å². The standard InChI is InChI=1S/C15H22O5/c1-10(6-12(17)18)4-5-15(19)13(2)7-11(16)8-14(15,3)20-9-13/h4-6,11,16,19H,7-9H2,1-3H3,(H,17,18)/b5-4+,10-6-/t11?,13-,14-,15+/m1/s1. The van der Waals surface area contributed by atoms with Crippen molar-refractivity contribution in [2.75, 3.05) is 6.61 Å². The summed E-state index contributed by atoms with van der Waals surface area (Å²) in [6, 6.07) is 0. The van der Waals surface area contributed by atoms with Gasteiger partial charge in [-0.15, -0.1) is 0 Å². The maximum absolute atomic E-state index is 11.1. The number of hydrogen-bond acceptors (Lipinski definition) is 4. The summed E-state index contributed by atoms with van der Waals surface area (Å²) in [5, 5.41) is 29.7. The van der Waals surface area contributed by atoms with Gasteiger partial charge in [0.25, 0.3) is 0 Å². The van der Waals surface area contributed by atoms with Crippen molar-refractivity contribution >= 4 is 5.97 Å². The van der Waals surface area contributed by atoms with Gasteiger partial charge >= 0.3 is 5.97 Å². The number of carboxylic acids is 1. The molecule has 0 amide bonds. The third-order valence-electron chi connectivity index (χ3n) is 4.69. The molecule has 3 N–H and O–H groups in total. The Morgan fingerprint density at radius 3 is 2.55 bits per heavy atom. The van der Waals surface area contributed by atoms with Gasteiger partial charge in [-0.25, -0.2) is 4.79 Å². The molecule has 20 heavy (non-hydrogen) atoms. The Morgan fingerprint density at radius 1 is 1.35 bits per heavy atom. The number of aliphatic hydroxyl groups excluding tert-OH is 1. The molecule has 112 valence electrons. The molecular formula is C15H22O5. The predicted molar refractivity (Wildman–Crippen MR) is 73.2 cm³/mol. The molecule has 2 rings (SSSR count). The number of aliphatic carboxylic acids is 1. The third kappa shape index (κ3) is 2.20. The molecule has 0 aromatic rings. The summed E-state index contributed by atoms with van der Waals surface area (Å²) >= 11 is 0. The van der Waals surface area contributed by atoms with Crippen LogP contribution in [0.2, 0.25) is 0 Å². The van der Waals surface area contributed by atoms with E-state index in [-0.39, 0.29) is 0 Å². The van der Waals surface area contributed by atoms with Crippen molar-refractivity contribution in [2.45, 2.75) is 50.9 Å². The second-order valence-electron chi connectivity index (χ2n) is 6.47. The number of allylic oxidation sites excluding steroid dienone is 2. The highest BCUT2D eigenvalue weighted by atomic mass is 16.5. The first-order valence-corrected chi connectivity index (χ1v) is 6.77. The summed E-state index contributed by atoms with van der Waals surface area (Å²) in [4.78, 5) is 10.6. The maximum atomic E-state index is 11.1. The summed E-state index contributed by atoms with van der Waals surface area (Å²) in [6.07, 6.45) is 4.66. The highest BCUT2D eigenvalue weighted by Crippen LogP contribution is 2.57. The minimum Gasteiger partial charge on any atom is -0.478 e. The molecule has 1 aliphatic carbocycles. The van der Waals surface area contributed by atoms with Crippen molar-refractivity contribution in [3.05, 3.63) is 23.8 Å². The second-order valence-corrected chi connectivity index (χ2v) is 6.47. The van der Waals surface area contributed by atoms with Crippen LogP contribution in [0.5, 0.6) is 0 Å². The zero-order valence-electron chi connectivity index (χ0n) is 12.1. The normalized spacial score (nSPS) is 45.0. The van der Waals surface area contributed by atoms with Crippen LogP contribution in [0, 0.1) is 5.41 Å². The summed E-state index contributed by atoms with van der Waals surface area (Å²) < 4.78 is 5.77. The highest BCUT2D eigenvalue weighted by Gasteiger charge is 2.67. The summed E-state index contributed by atoms with van der Waals surface area (Å²) in [6.45, 7) is 5.73. The van der Waals surface area contributed by atoms with Crippen molar-refractivity contribution in [3.63, 3.8) is 0 Å². The molecule has 5 nitrogen and oxygen atoms in total. The van der Waals surface area contributed by atoms with Gasteiger partial charge in [0.1, 0.15) is 11.2 Å². The molecule has 1 aliphatic heterocycles. The predicted octanol–water partition coefficient (Wildman–Crippen LogP) is 1.25. The van der Waals surface area contributed by atoms with Crippen LogP contribution in [0.1, 0.15) is 33.6 Å². The van der Waals surface area contributed by atoms with E-state index in [1.54, 1.807) is 26.0 Å². The van der Waals surface area contributed by atoms with Crippen LogP contribution in [0.4, 0.5) is 0 Å².